The number of carboxylic acids is 1. The zero-order valence-electron chi connectivity index (χ0n) is 44.6. The molecule has 83 heavy (non-hydrogen) atoms. The number of aromatic carboxylic acids is 1. The number of nitrogen functional groups attached to an aromatic ring is 1. The minimum Gasteiger partial charge on any atom is -0.478 e. The number of ether oxygens (including phenoxy) is 5. The van der Waals surface area contributed by atoms with Crippen LogP contribution in [0.2, 0.25) is 0 Å². The van der Waals surface area contributed by atoms with Crippen LogP contribution in [0.3, 0.4) is 0 Å². The maximum Gasteiger partial charge on any atom is 0.407 e. The first-order valence-corrected chi connectivity index (χ1v) is 30.2. The van der Waals surface area contributed by atoms with Gasteiger partial charge in [0.2, 0.25) is 5.91 Å². The van der Waals surface area contributed by atoms with Gasteiger partial charge in [-0.15, -0.1) is 16.9 Å². The average molecular weight is 1310 g/mol. The summed E-state index contributed by atoms with van der Waals surface area (Å²) in [6.45, 7) is 3.03. The minimum absolute atomic E-state index is 0.0188. The van der Waals surface area contributed by atoms with Gasteiger partial charge in [-0.3, -0.25) is 28.3 Å². The first kappa shape index (κ1) is 63.7. The molecule has 2 aromatic carbocycles. The lowest BCUT2D eigenvalue weighted by Crippen LogP contribution is -2.45. The number of nitrogens with zero attached hydrogens (tertiary/aromatic N) is 2. The molecule has 8 N–H and O–H groups in total. The smallest absolute Gasteiger partial charge is 0.407 e. The first-order valence-electron chi connectivity index (χ1n) is 26.3. The Labute approximate surface area is 489 Å². The molecular formula is C53H61IN6O21S2. The van der Waals surface area contributed by atoms with E-state index in [0.717, 1.165) is 56.0 Å². The molecule has 5 aliphatic rings. The maximum atomic E-state index is 13.9. The maximum absolute atomic E-state index is 13.9. The molecule has 2 aliphatic heterocycles. The van der Waals surface area contributed by atoms with Crippen LogP contribution in [0, 0.1) is 29.6 Å². The second-order valence-electron chi connectivity index (χ2n) is 19.2. The van der Waals surface area contributed by atoms with E-state index in [9.17, 15) is 64.6 Å². The number of unbranched alkanes of at least 4 members (excludes halogenated alkanes) is 1. The number of benzene rings is 3. The third-order valence-electron chi connectivity index (χ3n) is 13.7. The lowest BCUT2D eigenvalue weighted by molar-refractivity contribution is -0.199. The van der Waals surface area contributed by atoms with Crippen LogP contribution in [-0.2, 0) is 67.9 Å². The Bertz CT molecular complexity index is 3400. The van der Waals surface area contributed by atoms with E-state index in [2.05, 4.69) is 31.0 Å². The quantitative estimate of drug-likeness (QED) is 0.00741. The third-order valence-corrected chi connectivity index (χ3v) is 16.1. The van der Waals surface area contributed by atoms with Gasteiger partial charge in [0.05, 0.1) is 98.9 Å². The Hall–Kier alpha value is -6.83. The van der Waals surface area contributed by atoms with Crippen LogP contribution in [0.1, 0.15) is 84.9 Å². The largest absolute Gasteiger partial charge is 0.478 e. The number of nitrogens with one attached hydrogen (secondary N) is 3. The van der Waals surface area contributed by atoms with Gasteiger partial charge in [0, 0.05) is 67.3 Å². The Morgan fingerprint density at radius 2 is 1.40 bits per heavy atom. The zero-order valence-corrected chi connectivity index (χ0v) is 48.3. The molecule has 3 unspecified atom stereocenters. The summed E-state index contributed by atoms with van der Waals surface area (Å²) in [6.07, 6.45) is 3.33. The number of halogens is 1. The van der Waals surface area contributed by atoms with Crippen molar-refractivity contribution in [3.05, 3.63) is 58.9 Å². The summed E-state index contributed by atoms with van der Waals surface area (Å²) in [5.41, 5.74) is 2.96. The minimum atomic E-state index is -5.24. The van der Waals surface area contributed by atoms with E-state index in [0.29, 0.717) is 63.9 Å². The summed E-state index contributed by atoms with van der Waals surface area (Å²) in [4.78, 5) is 92.9. The number of hydrogen-bond donors (Lipinski definition) is 7. The van der Waals surface area contributed by atoms with Gasteiger partial charge in [0.25, 0.3) is 38.0 Å². The highest BCUT2D eigenvalue weighted by Gasteiger charge is 2.49. The van der Waals surface area contributed by atoms with Crippen LogP contribution in [-0.4, -0.2) is 156 Å². The molecule has 0 spiro atoms. The van der Waals surface area contributed by atoms with Crippen LogP contribution >= 0.6 is 22.9 Å². The Morgan fingerprint density at radius 3 is 2.01 bits per heavy atom. The van der Waals surface area contributed by atoms with Crippen LogP contribution < -0.4 is 27.0 Å². The number of imide groups is 1. The highest BCUT2D eigenvalue weighted by atomic mass is 127. The first-order chi connectivity index (χ1) is 39.7. The topological polar surface area (TPSA) is 395 Å². The molecule has 27 nitrogen and oxygen atoms in total. The number of anilines is 1. The number of carbonyl (C=O) groups excluding carboxylic acids is 6. The number of amides is 5. The standard InChI is InChI=1S/C53H61IN6O21S2/c54-59-40-15-13-36-45(35-12-14-39(55)48(82(69,70)71)46(35)80-47(36)49(40)83(72,73)74)34-11-10-31(29-37(34)51(65)66)50(64)58-41(52(67)81-60-43(62)16-17-44(60)63)9-5-6-19-56-42(61)18-21-75-23-25-77-27-28-78-26-24-76-22-20-57-53(68)79-30-38-32-7-3-1-2-4-8-33(32)38/h10-15,29,32-33,38,41H,3-9,16-28,30,55H2,(H,56,61)(H,57,68)(H,58,64)(H,65,66)(H,69,70,71)(H,72,73,74)/b59-40+. The summed E-state index contributed by atoms with van der Waals surface area (Å²) < 4.78 is 108. The van der Waals surface area contributed by atoms with Crippen molar-refractivity contribution in [2.75, 3.05) is 78.3 Å². The molecule has 448 valence electrons. The highest BCUT2D eigenvalue weighted by molar-refractivity contribution is 14.1. The second kappa shape index (κ2) is 29.6. The van der Waals surface area contributed by atoms with Gasteiger partial charge in [-0.05, 0) is 91.8 Å². The van der Waals surface area contributed by atoms with E-state index in [1.54, 1.807) is 0 Å². The lowest BCUT2D eigenvalue weighted by Gasteiger charge is -2.21. The number of hydroxylamine groups is 2. The fourth-order valence-corrected chi connectivity index (χ4v) is 11.8. The van der Waals surface area contributed by atoms with Crippen molar-refractivity contribution >= 4 is 101 Å². The molecule has 5 amide bonds. The van der Waals surface area contributed by atoms with Gasteiger partial charge in [0.15, 0.2) is 21.1 Å². The average Bonchev–Trinajstić information content (AvgIpc) is 2.80. The Kier molecular flexibility index (Phi) is 22.7. The van der Waals surface area contributed by atoms with Crippen LogP contribution in [0.25, 0.3) is 33.4 Å². The number of fused-ring (bicyclic) bond motifs is 3. The summed E-state index contributed by atoms with van der Waals surface area (Å²) in [7, 11) is -10.5. The monoisotopic (exact) mass is 1310 g/mol. The molecular weight excluding hydrogens is 1250 g/mol. The van der Waals surface area contributed by atoms with E-state index in [-0.39, 0.29) is 109 Å². The van der Waals surface area contributed by atoms with E-state index in [1.165, 1.54) is 35.0 Å². The lowest BCUT2D eigenvalue weighted by atomic mass is 9.89. The molecule has 1 saturated carbocycles. The van der Waals surface area contributed by atoms with Crippen molar-refractivity contribution in [2.24, 2.45) is 21.0 Å². The molecule has 7 rings (SSSR count). The second-order valence-corrected chi connectivity index (χ2v) is 22.4. The fourth-order valence-electron chi connectivity index (χ4n) is 9.68. The summed E-state index contributed by atoms with van der Waals surface area (Å²) >= 11 is 1.44. The van der Waals surface area contributed by atoms with Gasteiger partial charge in [-0.1, -0.05) is 6.07 Å². The molecule has 0 radical (unpaired) electrons. The van der Waals surface area contributed by atoms with Crippen molar-refractivity contribution in [1.82, 2.24) is 21.0 Å². The van der Waals surface area contributed by atoms with E-state index < -0.39 is 94.4 Å². The Balaban J connectivity index is 0.858. The molecule has 30 heteroatoms. The predicted molar refractivity (Wildman–Crippen MR) is 298 cm³/mol. The number of alkyl carbamates (subject to hydrolysis) is 1. The van der Waals surface area contributed by atoms with Gasteiger partial charge in [-0.2, -0.15) is 16.8 Å². The molecule has 0 bridgehead atoms. The number of carboxylic acid groups (broad SMARTS) is 1. The normalized spacial score (nSPS) is 17.5. The molecule has 2 heterocycles. The summed E-state index contributed by atoms with van der Waals surface area (Å²) in [6, 6.07) is 6.27. The highest BCUT2D eigenvalue weighted by Crippen LogP contribution is 2.52. The fraction of sp³-hybridized carbons (Fsp3) is 0.472. The van der Waals surface area contributed by atoms with Crippen LogP contribution in [0.15, 0.2) is 59.9 Å². The van der Waals surface area contributed by atoms with Crippen LogP contribution in [0.5, 0.6) is 0 Å². The third kappa shape index (κ3) is 17.2. The summed E-state index contributed by atoms with van der Waals surface area (Å²) in [5.74, 6) is 1.42. The zero-order chi connectivity index (χ0) is 59.8. The Morgan fingerprint density at radius 1 is 0.783 bits per heavy atom. The number of hydrogen-bond acceptors (Lipinski definition) is 20. The van der Waals surface area contributed by atoms with E-state index in [4.69, 9.17) is 38.7 Å². The number of rotatable bonds is 30. The van der Waals surface area contributed by atoms with E-state index >= 15 is 0 Å². The van der Waals surface area contributed by atoms with Gasteiger partial charge < -0.3 is 59.7 Å². The van der Waals surface area contributed by atoms with Crippen LogP contribution in [0.4, 0.5) is 10.5 Å². The van der Waals surface area contributed by atoms with Crippen molar-refractivity contribution in [3.63, 3.8) is 0 Å². The molecule has 3 atom stereocenters. The van der Waals surface area contributed by atoms with Crippen molar-refractivity contribution < 1.29 is 97.5 Å². The number of carbonyl (C=O) groups is 7. The SMILES string of the molecule is Nc1ccc2c(-c3ccc(C(=O)NC(CCCCNC(=O)CCOCCOCCOCCOCCNC(=O)OCC4C5CCC#CCCC54)C(=O)ON4C(=O)CCC4=O)cc3C(=O)O)c3cc/c(=N\I)c(S(=O)(=O)O)c-3oc2c1S(=O)(=O)O. The van der Waals surface area contributed by atoms with Gasteiger partial charge in [-0.25, -0.2) is 17.6 Å². The molecule has 2 aromatic rings. The van der Waals surface area contributed by atoms with E-state index in [1.807, 2.05) is 0 Å². The van der Waals surface area contributed by atoms with Crippen molar-refractivity contribution in [1.29, 1.82) is 0 Å². The summed E-state index contributed by atoms with van der Waals surface area (Å²) in [5, 5.41) is 18.1. The van der Waals surface area contributed by atoms with Crippen molar-refractivity contribution in [2.45, 2.75) is 80.0 Å². The molecule has 1 saturated heterocycles. The van der Waals surface area contributed by atoms with Gasteiger partial charge >= 0.3 is 18.0 Å². The number of nitrogens with two attached hydrogens (primary N) is 1. The van der Waals surface area contributed by atoms with Crippen molar-refractivity contribution in [3.8, 4) is 34.3 Å². The molecule has 2 fully saturated rings. The van der Waals surface area contributed by atoms with Gasteiger partial charge in [0.1, 0.15) is 6.04 Å². The predicted octanol–water partition coefficient (Wildman–Crippen LogP) is 3.84. The molecule has 3 aliphatic carbocycles. The molecule has 0 aromatic heterocycles.